The average molecular weight is 479 g/mol. The van der Waals surface area contributed by atoms with Gasteiger partial charge in [0.05, 0.1) is 6.10 Å². The Morgan fingerprint density at radius 1 is 0.912 bits per heavy atom. The maximum atomic E-state index is 12.9. The van der Waals surface area contributed by atoms with Crippen molar-refractivity contribution in [3.05, 3.63) is 35.9 Å². The van der Waals surface area contributed by atoms with E-state index in [9.17, 15) is 19.2 Å². The van der Waals surface area contributed by atoms with Crippen molar-refractivity contribution in [3.63, 3.8) is 0 Å². The Morgan fingerprint density at radius 2 is 1.53 bits per heavy atom. The van der Waals surface area contributed by atoms with E-state index in [1.54, 1.807) is 4.90 Å². The maximum Gasteiger partial charge on any atom is 0.303 e. The lowest BCUT2D eigenvalue weighted by molar-refractivity contribution is -0.235. The van der Waals surface area contributed by atoms with Gasteiger partial charge in [-0.2, -0.15) is 0 Å². The number of nitrogens with zero attached hydrogens (tertiary/aromatic N) is 1. The van der Waals surface area contributed by atoms with Crippen LogP contribution in [-0.4, -0.2) is 78.9 Å². The first-order valence-electron chi connectivity index (χ1n) is 11.3. The summed E-state index contributed by atoms with van der Waals surface area (Å²) in [5.41, 5.74) is 0.868. The van der Waals surface area contributed by atoms with Crippen LogP contribution >= 0.6 is 0 Å². The van der Waals surface area contributed by atoms with E-state index in [0.29, 0.717) is 13.1 Å². The van der Waals surface area contributed by atoms with E-state index < -0.39 is 48.4 Å². The fourth-order valence-electron chi connectivity index (χ4n) is 4.04. The Bertz CT molecular complexity index is 847. The number of hydrogen-bond acceptors (Lipinski definition) is 9. The zero-order valence-electron chi connectivity index (χ0n) is 20.3. The van der Waals surface area contributed by atoms with Crippen molar-refractivity contribution in [2.24, 2.45) is 0 Å². The largest absolute Gasteiger partial charge is 0.463 e. The first kappa shape index (κ1) is 27.3. The second-order valence-electron chi connectivity index (χ2n) is 8.09. The van der Waals surface area contributed by atoms with Crippen molar-refractivity contribution >= 4 is 23.8 Å². The van der Waals surface area contributed by atoms with Gasteiger partial charge in [-0.3, -0.25) is 19.2 Å². The van der Waals surface area contributed by atoms with Gasteiger partial charge in [0.2, 0.25) is 5.91 Å². The van der Waals surface area contributed by atoms with Crippen molar-refractivity contribution < 1.29 is 38.1 Å². The summed E-state index contributed by atoms with van der Waals surface area (Å²) in [5, 5.41) is 3.20. The van der Waals surface area contributed by atoms with Gasteiger partial charge < -0.3 is 29.2 Å². The number of carbonyl (C=O) groups is 4. The number of esters is 3. The van der Waals surface area contributed by atoms with E-state index in [2.05, 4.69) is 5.32 Å². The summed E-state index contributed by atoms with van der Waals surface area (Å²) >= 11 is 0. The standard InChI is InChI=1S/C24H34N2O8/c1-6-25-12-20-22(26(15(2)27)13-19-10-8-7-9-11-19)24(33-18(5)30)23(32-17(4)29)21(34-20)14-31-16(3)28/h7-11,20-25H,6,12-14H2,1-5H3/t20-,21-,22+,23+,24?/m1/s1. The third-order valence-corrected chi connectivity index (χ3v) is 5.37. The lowest BCUT2D eigenvalue weighted by atomic mass is 9.90. The van der Waals surface area contributed by atoms with Gasteiger partial charge in [-0.15, -0.1) is 0 Å². The van der Waals surface area contributed by atoms with Crippen molar-refractivity contribution in [3.8, 4) is 0 Å². The summed E-state index contributed by atoms with van der Waals surface area (Å²) in [4.78, 5) is 50.0. The monoisotopic (exact) mass is 478 g/mol. The Balaban J connectivity index is 2.54. The van der Waals surface area contributed by atoms with Gasteiger partial charge >= 0.3 is 17.9 Å². The van der Waals surface area contributed by atoms with Gasteiger partial charge in [0.15, 0.2) is 12.2 Å². The number of nitrogens with one attached hydrogen (secondary N) is 1. The molecule has 0 saturated carbocycles. The Hall–Kier alpha value is -2.98. The first-order valence-corrected chi connectivity index (χ1v) is 11.3. The molecule has 188 valence electrons. The molecule has 1 fully saturated rings. The van der Waals surface area contributed by atoms with Crippen LogP contribution in [0.5, 0.6) is 0 Å². The van der Waals surface area contributed by atoms with Crippen LogP contribution in [0.3, 0.4) is 0 Å². The summed E-state index contributed by atoms with van der Waals surface area (Å²) in [6.07, 6.45) is -3.69. The second-order valence-corrected chi connectivity index (χ2v) is 8.09. The molecule has 1 amide bonds. The molecule has 5 atom stereocenters. The van der Waals surface area contributed by atoms with Crippen molar-refractivity contribution in [1.82, 2.24) is 10.2 Å². The normalized spacial score (nSPS) is 24.1. The molecule has 0 bridgehead atoms. The van der Waals surface area contributed by atoms with Crippen LogP contribution in [0.1, 0.15) is 40.2 Å². The highest BCUT2D eigenvalue weighted by atomic mass is 16.6. The van der Waals surface area contributed by atoms with Crippen LogP contribution in [0.2, 0.25) is 0 Å². The number of carbonyl (C=O) groups excluding carboxylic acids is 4. The smallest absolute Gasteiger partial charge is 0.303 e. The van der Waals surface area contributed by atoms with Crippen LogP contribution in [0.25, 0.3) is 0 Å². The van der Waals surface area contributed by atoms with Gasteiger partial charge in [-0.1, -0.05) is 37.3 Å². The summed E-state index contributed by atoms with van der Waals surface area (Å²) < 4.78 is 22.6. The van der Waals surface area contributed by atoms with Crippen LogP contribution < -0.4 is 5.32 Å². The minimum atomic E-state index is -1.10. The highest BCUT2D eigenvalue weighted by molar-refractivity contribution is 5.74. The molecule has 10 heteroatoms. The molecule has 34 heavy (non-hydrogen) atoms. The molecule has 1 N–H and O–H groups in total. The molecule has 1 heterocycles. The minimum Gasteiger partial charge on any atom is -0.463 e. The molecule has 1 aliphatic rings. The van der Waals surface area contributed by atoms with Gasteiger partial charge in [-0.05, 0) is 12.1 Å². The third-order valence-electron chi connectivity index (χ3n) is 5.37. The zero-order valence-corrected chi connectivity index (χ0v) is 20.3. The topological polar surface area (TPSA) is 120 Å². The van der Waals surface area contributed by atoms with E-state index in [1.165, 1.54) is 27.7 Å². The summed E-state index contributed by atoms with van der Waals surface area (Å²) in [5.74, 6) is -2.03. The molecule has 0 radical (unpaired) electrons. The first-order chi connectivity index (χ1) is 16.1. The van der Waals surface area contributed by atoms with Crippen molar-refractivity contribution in [1.29, 1.82) is 0 Å². The fraction of sp³-hybridized carbons (Fsp3) is 0.583. The zero-order chi connectivity index (χ0) is 25.3. The van der Waals surface area contributed by atoms with Gasteiger partial charge in [0, 0.05) is 40.8 Å². The summed E-state index contributed by atoms with van der Waals surface area (Å²) in [7, 11) is 0. The number of ether oxygens (including phenoxy) is 4. The Kier molecular flexibility index (Phi) is 10.5. The highest BCUT2D eigenvalue weighted by Crippen LogP contribution is 2.31. The highest BCUT2D eigenvalue weighted by Gasteiger charge is 2.52. The Labute approximate surface area is 199 Å². The fourth-order valence-corrected chi connectivity index (χ4v) is 4.04. The molecule has 10 nitrogen and oxygen atoms in total. The molecule has 1 aliphatic heterocycles. The predicted molar refractivity (Wildman–Crippen MR) is 121 cm³/mol. The van der Waals surface area contributed by atoms with Crippen LogP contribution in [-0.2, 0) is 44.7 Å². The van der Waals surface area contributed by atoms with Gasteiger partial charge in [-0.25, -0.2) is 0 Å². The molecule has 1 aromatic carbocycles. The molecule has 1 saturated heterocycles. The van der Waals surface area contributed by atoms with E-state index in [0.717, 1.165) is 5.56 Å². The van der Waals surface area contributed by atoms with E-state index in [1.807, 2.05) is 37.3 Å². The molecule has 2 rings (SSSR count). The van der Waals surface area contributed by atoms with E-state index >= 15 is 0 Å². The summed E-state index contributed by atoms with van der Waals surface area (Å²) in [6, 6.07) is 8.58. The van der Waals surface area contributed by atoms with E-state index in [-0.39, 0.29) is 19.1 Å². The summed E-state index contributed by atoms with van der Waals surface area (Å²) in [6.45, 7) is 8.03. The molecule has 1 aromatic rings. The number of amides is 1. The van der Waals surface area contributed by atoms with Crippen molar-refractivity contribution in [2.75, 3.05) is 19.7 Å². The molecule has 0 aliphatic carbocycles. The van der Waals surface area contributed by atoms with Crippen LogP contribution in [0.15, 0.2) is 30.3 Å². The molecule has 0 aromatic heterocycles. The molecule has 1 unspecified atom stereocenters. The van der Waals surface area contributed by atoms with Crippen LogP contribution in [0.4, 0.5) is 0 Å². The maximum absolute atomic E-state index is 12.9. The number of benzene rings is 1. The lowest BCUT2D eigenvalue weighted by Crippen LogP contribution is -2.68. The van der Waals surface area contributed by atoms with Gasteiger partial charge in [0.1, 0.15) is 18.8 Å². The number of hydrogen-bond donors (Lipinski definition) is 1. The number of rotatable bonds is 10. The second kappa shape index (κ2) is 13.0. The SMILES string of the molecule is CCNC[C@H]1O[C@H](COC(C)=O)[C@H](OC(C)=O)C(OC(C)=O)[C@H]1N(Cc1ccccc1)C(C)=O. The minimum absolute atomic E-state index is 0.209. The van der Waals surface area contributed by atoms with Crippen LogP contribution in [0, 0.1) is 0 Å². The molecule has 0 spiro atoms. The lowest BCUT2D eigenvalue weighted by Gasteiger charge is -2.49. The van der Waals surface area contributed by atoms with Crippen molar-refractivity contribution in [2.45, 2.75) is 71.6 Å². The predicted octanol–water partition coefficient (Wildman–Crippen LogP) is 1.21. The Morgan fingerprint density at radius 3 is 2.06 bits per heavy atom. The molecular formula is C24H34N2O8. The van der Waals surface area contributed by atoms with Gasteiger partial charge in [0.25, 0.3) is 0 Å². The third kappa shape index (κ3) is 7.81. The number of likely N-dealkylation sites (N-methyl/N-ethyl adjacent to an activating group) is 1. The quantitative estimate of drug-likeness (QED) is 0.391. The molecular weight excluding hydrogens is 444 g/mol. The average Bonchev–Trinajstić information content (AvgIpc) is 2.76. The van der Waals surface area contributed by atoms with E-state index in [4.69, 9.17) is 18.9 Å².